The molecule has 0 bridgehead atoms. The van der Waals surface area contributed by atoms with Crippen molar-refractivity contribution in [3.8, 4) is 0 Å². The van der Waals surface area contributed by atoms with Gasteiger partial charge in [0.1, 0.15) is 0 Å². The van der Waals surface area contributed by atoms with Crippen molar-refractivity contribution in [1.29, 1.82) is 0 Å². The second kappa shape index (κ2) is 5.44. The van der Waals surface area contributed by atoms with Crippen LogP contribution in [0.4, 0.5) is 5.69 Å². The largest absolute Gasteiger partial charge is 0.399 e. The number of carbonyl (C=O) groups excluding carboxylic acids is 1. The summed E-state index contributed by atoms with van der Waals surface area (Å²) in [6.07, 6.45) is 2.06. The fourth-order valence-corrected chi connectivity index (χ4v) is 2.50. The molecule has 3 N–H and O–H groups in total. The summed E-state index contributed by atoms with van der Waals surface area (Å²) < 4.78 is 5.69. The Morgan fingerprint density at radius 1 is 1.40 bits per heavy atom. The third kappa shape index (κ3) is 3.12. The molecule has 1 saturated heterocycles. The highest BCUT2D eigenvalue weighted by atomic mass is 16.5. The van der Waals surface area contributed by atoms with Gasteiger partial charge < -0.3 is 15.8 Å². The molecule has 1 fully saturated rings. The van der Waals surface area contributed by atoms with Gasteiger partial charge in [0, 0.05) is 18.8 Å². The lowest BCUT2D eigenvalue weighted by Gasteiger charge is -2.28. The third-order valence-corrected chi connectivity index (χ3v) is 4.12. The van der Waals surface area contributed by atoms with Gasteiger partial charge in [0.15, 0.2) is 0 Å². The first-order valence-electron chi connectivity index (χ1n) is 7.12. The summed E-state index contributed by atoms with van der Waals surface area (Å²) in [5.74, 6) is 0.0130. The van der Waals surface area contributed by atoms with Crippen molar-refractivity contribution >= 4 is 11.6 Å². The molecule has 0 saturated carbocycles. The Balaban J connectivity index is 2.01. The number of nitrogen functional groups attached to an aromatic ring is 1. The van der Waals surface area contributed by atoms with Crippen LogP contribution in [0, 0.1) is 0 Å². The highest BCUT2D eigenvalue weighted by Crippen LogP contribution is 2.27. The summed E-state index contributed by atoms with van der Waals surface area (Å²) >= 11 is 0. The molecule has 0 aliphatic carbocycles. The van der Waals surface area contributed by atoms with Crippen LogP contribution in [0.25, 0.3) is 0 Å². The van der Waals surface area contributed by atoms with Crippen molar-refractivity contribution in [3.05, 3.63) is 29.8 Å². The van der Waals surface area contributed by atoms with E-state index < -0.39 is 5.41 Å². The summed E-state index contributed by atoms with van der Waals surface area (Å²) in [7, 11) is 0. The van der Waals surface area contributed by atoms with E-state index in [9.17, 15) is 4.79 Å². The van der Waals surface area contributed by atoms with Crippen LogP contribution in [0.1, 0.15) is 39.2 Å². The number of amides is 1. The van der Waals surface area contributed by atoms with Gasteiger partial charge in [-0.2, -0.15) is 0 Å². The molecule has 0 spiro atoms. The molecule has 0 radical (unpaired) electrons. The third-order valence-electron chi connectivity index (χ3n) is 4.12. The maximum absolute atomic E-state index is 12.5. The minimum Gasteiger partial charge on any atom is -0.399 e. The molecule has 1 aliphatic heterocycles. The summed E-state index contributed by atoms with van der Waals surface area (Å²) in [5.41, 5.74) is 6.56. The van der Waals surface area contributed by atoms with E-state index in [-0.39, 0.29) is 11.5 Å². The van der Waals surface area contributed by atoms with Crippen molar-refractivity contribution in [1.82, 2.24) is 5.32 Å². The van der Waals surface area contributed by atoms with Gasteiger partial charge in [-0.05, 0) is 51.3 Å². The predicted octanol–water partition coefficient (Wildman–Crippen LogP) is 2.23. The number of hydrogen-bond donors (Lipinski definition) is 2. The van der Waals surface area contributed by atoms with E-state index in [1.807, 2.05) is 38.1 Å². The lowest BCUT2D eigenvalue weighted by molar-refractivity contribution is -0.126. The van der Waals surface area contributed by atoms with Crippen molar-refractivity contribution in [2.45, 2.75) is 44.6 Å². The topological polar surface area (TPSA) is 64.4 Å². The van der Waals surface area contributed by atoms with Crippen LogP contribution in [-0.4, -0.2) is 24.7 Å². The molecule has 1 atom stereocenters. The van der Waals surface area contributed by atoms with Gasteiger partial charge in [-0.15, -0.1) is 0 Å². The zero-order chi connectivity index (χ0) is 14.8. The molecule has 2 rings (SSSR count). The number of nitrogens with one attached hydrogen (secondary N) is 1. The van der Waals surface area contributed by atoms with Gasteiger partial charge in [-0.1, -0.05) is 12.1 Å². The van der Waals surface area contributed by atoms with E-state index in [2.05, 4.69) is 12.2 Å². The summed E-state index contributed by atoms with van der Waals surface area (Å²) in [6.45, 7) is 7.24. The highest BCUT2D eigenvalue weighted by molar-refractivity contribution is 5.87. The van der Waals surface area contributed by atoms with Crippen LogP contribution in [0.3, 0.4) is 0 Å². The molecular formula is C16H24N2O2. The molecule has 1 aromatic rings. The van der Waals surface area contributed by atoms with Crippen molar-refractivity contribution in [3.63, 3.8) is 0 Å². The van der Waals surface area contributed by atoms with E-state index in [0.29, 0.717) is 12.2 Å². The van der Waals surface area contributed by atoms with Crippen LogP contribution < -0.4 is 11.1 Å². The number of ether oxygens (including phenoxy) is 1. The van der Waals surface area contributed by atoms with Crippen LogP contribution in [-0.2, 0) is 14.9 Å². The maximum atomic E-state index is 12.5. The molecule has 1 amide bonds. The minimum absolute atomic E-state index is 0.0130. The second-order valence-corrected chi connectivity index (χ2v) is 6.33. The number of nitrogens with two attached hydrogens (primary N) is 1. The van der Waals surface area contributed by atoms with Crippen molar-refractivity contribution in [2.75, 3.05) is 18.9 Å². The summed E-state index contributed by atoms with van der Waals surface area (Å²) in [6, 6.07) is 7.46. The molecule has 1 heterocycles. The summed E-state index contributed by atoms with van der Waals surface area (Å²) in [5, 5.41) is 3.02. The first kappa shape index (κ1) is 14.9. The molecular weight excluding hydrogens is 252 g/mol. The Kier molecular flexibility index (Phi) is 4.04. The minimum atomic E-state index is -0.581. The smallest absolute Gasteiger partial charge is 0.230 e. The Morgan fingerprint density at radius 2 is 2.05 bits per heavy atom. The van der Waals surface area contributed by atoms with Crippen molar-refractivity contribution < 1.29 is 9.53 Å². The highest BCUT2D eigenvalue weighted by Gasteiger charge is 2.34. The molecule has 4 heteroatoms. The number of rotatable bonds is 4. The molecule has 20 heavy (non-hydrogen) atoms. The van der Waals surface area contributed by atoms with E-state index in [1.54, 1.807) is 0 Å². The van der Waals surface area contributed by atoms with Crippen LogP contribution >= 0.6 is 0 Å². The van der Waals surface area contributed by atoms with E-state index >= 15 is 0 Å². The lowest BCUT2D eigenvalue weighted by Crippen LogP contribution is -2.46. The standard InChI is InChI=1S/C16H24N2O2/c1-15(2,12-5-7-13(17)8-6-12)14(19)18-11-16(3)9-4-10-20-16/h5-8H,4,9-11,17H2,1-3H3,(H,18,19). The molecule has 1 aromatic carbocycles. The quantitative estimate of drug-likeness (QED) is 0.829. The summed E-state index contributed by atoms with van der Waals surface area (Å²) in [4.78, 5) is 12.5. The van der Waals surface area contributed by atoms with Gasteiger partial charge in [0.25, 0.3) is 0 Å². The Morgan fingerprint density at radius 3 is 2.60 bits per heavy atom. The predicted molar refractivity (Wildman–Crippen MR) is 80.5 cm³/mol. The molecule has 110 valence electrons. The first-order chi connectivity index (χ1) is 9.33. The zero-order valence-electron chi connectivity index (χ0n) is 12.5. The SMILES string of the molecule is CC1(CNC(=O)C(C)(C)c2ccc(N)cc2)CCCO1. The van der Waals surface area contributed by atoms with Gasteiger partial charge in [0.2, 0.25) is 5.91 Å². The fraction of sp³-hybridized carbons (Fsp3) is 0.562. The first-order valence-corrected chi connectivity index (χ1v) is 7.12. The number of anilines is 1. The lowest BCUT2D eigenvalue weighted by atomic mass is 9.83. The van der Waals surface area contributed by atoms with E-state index in [1.165, 1.54) is 0 Å². The number of benzene rings is 1. The second-order valence-electron chi connectivity index (χ2n) is 6.33. The van der Waals surface area contributed by atoms with Gasteiger partial charge >= 0.3 is 0 Å². The molecule has 1 unspecified atom stereocenters. The van der Waals surface area contributed by atoms with Gasteiger partial charge in [-0.3, -0.25) is 4.79 Å². The fourth-order valence-electron chi connectivity index (χ4n) is 2.50. The molecule has 1 aliphatic rings. The van der Waals surface area contributed by atoms with Gasteiger partial charge in [-0.25, -0.2) is 0 Å². The zero-order valence-corrected chi connectivity index (χ0v) is 12.5. The monoisotopic (exact) mass is 276 g/mol. The number of carbonyl (C=O) groups is 1. The van der Waals surface area contributed by atoms with Crippen LogP contribution in [0.15, 0.2) is 24.3 Å². The molecule has 0 aromatic heterocycles. The van der Waals surface area contributed by atoms with Crippen LogP contribution in [0.2, 0.25) is 0 Å². The Hall–Kier alpha value is -1.55. The van der Waals surface area contributed by atoms with Crippen LogP contribution in [0.5, 0.6) is 0 Å². The van der Waals surface area contributed by atoms with Crippen molar-refractivity contribution in [2.24, 2.45) is 0 Å². The normalized spacial score (nSPS) is 22.8. The average molecular weight is 276 g/mol. The average Bonchev–Trinajstić information content (AvgIpc) is 2.84. The Labute approximate surface area is 120 Å². The van der Waals surface area contributed by atoms with E-state index in [0.717, 1.165) is 25.0 Å². The maximum Gasteiger partial charge on any atom is 0.230 e. The number of hydrogen-bond acceptors (Lipinski definition) is 3. The van der Waals surface area contributed by atoms with Gasteiger partial charge in [0.05, 0.1) is 11.0 Å². The van der Waals surface area contributed by atoms with E-state index in [4.69, 9.17) is 10.5 Å². The Bertz CT molecular complexity index is 474. The molecule has 4 nitrogen and oxygen atoms in total.